The SMILES string of the molecule is CCC(CC(=O)O)NC(=O)NCCc1ccccc1. The van der Waals surface area contributed by atoms with Gasteiger partial charge in [0.2, 0.25) is 0 Å². The lowest BCUT2D eigenvalue weighted by Crippen LogP contribution is -2.43. The summed E-state index contributed by atoms with van der Waals surface area (Å²) in [6.45, 7) is 2.37. The molecule has 3 N–H and O–H groups in total. The van der Waals surface area contributed by atoms with Crippen molar-refractivity contribution in [3.63, 3.8) is 0 Å². The van der Waals surface area contributed by atoms with E-state index in [1.807, 2.05) is 37.3 Å². The summed E-state index contributed by atoms with van der Waals surface area (Å²) in [5.41, 5.74) is 1.15. The summed E-state index contributed by atoms with van der Waals surface area (Å²) >= 11 is 0. The van der Waals surface area contributed by atoms with Crippen LogP contribution in [0.25, 0.3) is 0 Å². The summed E-state index contributed by atoms with van der Waals surface area (Å²) in [7, 11) is 0. The van der Waals surface area contributed by atoms with Crippen LogP contribution < -0.4 is 10.6 Å². The van der Waals surface area contributed by atoms with Crippen LogP contribution in [0.3, 0.4) is 0 Å². The van der Waals surface area contributed by atoms with Gasteiger partial charge in [-0.1, -0.05) is 37.3 Å². The lowest BCUT2D eigenvalue weighted by Gasteiger charge is -2.15. The van der Waals surface area contributed by atoms with Gasteiger partial charge in [0, 0.05) is 12.6 Å². The first-order chi connectivity index (χ1) is 9.11. The number of hydrogen-bond donors (Lipinski definition) is 3. The van der Waals surface area contributed by atoms with Gasteiger partial charge in [-0.2, -0.15) is 0 Å². The Morgan fingerprint density at radius 2 is 1.95 bits per heavy atom. The highest BCUT2D eigenvalue weighted by molar-refractivity contribution is 5.75. The fourth-order valence-electron chi connectivity index (χ4n) is 1.71. The molecule has 0 aliphatic rings. The van der Waals surface area contributed by atoms with Gasteiger partial charge in [0.15, 0.2) is 0 Å². The zero-order valence-corrected chi connectivity index (χ0v) is 11.1. The van der Waals surface area contributed by atoms with Crippen molar-refractivity contribution in [3.05, 3.63) is 35.9 Å². The number of carboxylic acids is 1. The number of hydrogen-bond acceptors (Lipinski definition) is 2. The first-order valence-corrected chi connectivity index (χ1v) is 6.42. The lowest BCUT2D eigenvalue weighted by molar-refractivity contribution is -0.137. The zero-order valence-electron chi connectivity index (χ0n) is 11.1. The molecule has 0 heterocycles. The molecule has 19 heavy (non-hydrogen) atoms. The van der Waals surface area contributed by atoms with Crippen LogP contribution in [0.1, 0.15) is 25.3 Å². The number of urea groups is 1. The Balaban J connectivity index is 2.25. The van der Waals surface area contributed by atoms with Gasteiger partial charge in [0.25, 0.3) is 0 Å². The van der Waals surface area contributed by atoms with Gasteiger partial charge in [0.1, 0.15) is 0 Å². The van der Waals surface area contributed by atoms with Crippen LogP contribution in [-0.4, -0.2) is 29.7 Å². The molecular formula is C14H20N2O3. The topological polar surface area (TPSA) is 78.4 Å². The molecule has 1 aromatic rings. The Morgan fingerprint density at radius 1 is 1.26 bits per heavy atom. The number of carbonyl (C=O) groups is 2. The van der Waals surface area contributed by atoms with E-state index >= 15 is 0 Å². The van der Waals surface area contributed by atoms with Crippen molar-refractivity contribution in [1.82, 2.24) is 10.6 Å². The van der Waals surface area contributed by atoms with Gasteiger partial charge in [-0.25, -0.2) is 4.79 Å². The molecule has 1 unspecified atom stereocenters. The second kappa shape index (κ2) is 8.13. The molecule has 5 heteroatoms. The highest BCUT2D eigenvalue weighted by atomic mass is 16.4. The van der Waals surface area contributed by atoms with E-state index in [9.17, 15) is 9.59 Å². The Bertz CT molecular complexity index is 406. The number of amides is 2. The van der Waals surface area contributed by atoms with E-state index < -0.39 is 5.97 Å². The van der Waals surface area contributed by atoms with Crippen LogP contribution >= 0.6 is 0 Å². The Labute approximate surface area is 113 Å². The number of carbonyl (C=O) groups excluding carboxylic acids is 1. The maximum absolute atomic E-state index is 11.6. The van der Waals surface area contributed by atoms with Crippen molar-refractivity contribution in [3.8, 4) is 0 Å². The number of carboxylic acid groups (broad SMARTS) is 1. The van der Waals surface area contributed by atoms with E-state index in [0.29, 0.717) is 13.0 Å². The second-order valence-electron chi connectivity index (χ2n) is 4.34. The largest absolute Gasteiger partial charge is 0.481 e. The molecule has 0 aliphatic carbocycles. The average Bonchev–Trinajstić information content (AvgIpc) is 2.38. The van der Waals surface area contributed by atoms with Crippen molar-refractivity contribution < 1.29 is 14.7 Å². The predicted octanol–water partition coefficient (Wildman–Crippen LogP) is 1.78. The molecule has 1 aromatic carbocycles. The molecule has 0 radical (unpaired) electrons. The van der Waals surface area contributed by atoms with Gasteiger partial charge in [-0.05, 0) is 18.4 Å². The first kappa shape index (κ1) is 15.0. The maximum Gasteiger partial charge on any atom is 0.315 e. The second-order valence-corrected chi connectivity index (χ2v) is 4.34. The van der Waals surface area contributed by atoms with Crippen molar-refractivity contribution in [2.24, 2.45) is 0 Å². The molecule has 0 spiro atoms. The van der Waals surface area contributed by atoms with Crippen molar-refractivity contribution in [2.45, 2.75) is 32.2 Å². The summed E-state index contributed by atoms with van der Waals surface area (Å²) in [6, 6.07) is 9.21. The Morgan fingerprint density at radius 3 is 2.53 bits per heavy atom. The van der Waals surface area contributed by atoms with E-state index in [2.05, 4.69) is 10.6 Å². The van der Waals surface area contributed by atoms with E-state index in [-0.39, 0.29) is 18.5 Å². The van der Waals surface area contributed by atoms with Crippen molar-refractivity contribution >= 4 is 12.0 Å². The van der Waals surface area contributed by atoms with Crippen LogP contribution in [0.5, 0.6) is 0 Å². The summed E-state index contributed by atoms with van der Waals surface area (Å²) in [5, 5.41) is 14.1. The lowest BCUT2D eigenvalue weighted by atomic mass is 10.1. The van der Waals surface area contributed by atoms with Gasteiger partial charge < -0.3 is 15.7 Å². The Kier molecular flexibility index (Phi) is 6.43. The van der Waals surface area contributed by atoms with Crippen LogP contribution in [0.4, 0.5) is 4.79 Å². The van der Waals surface area contributed by atoms with Crippen LogP contribution in [-0.2, 0) is 11.2 Å². The van der Waals surface area contributed by atoms with Crippen molar-refractivity contribution in [1.29, 1.82) is 0 Å². The van der Waals surface area contributed by atoms with Gasteiger partial charge in [-0.3, -0.25) is 4.79 Å². The number of rotatable bonds is 7. The number of benzene rings is 1. The third kappa shape index (κ3) is 6.45. The molecule has 0 bridgehead atoms. The smallest absolute Gasteiger partial charge is 0.315 e. The van der Waals surface area contributed by atoms with E-state index in [1.165, 1.54) is 0 Å². The van der Waals surface area contributed by atoms with Crippen LogP contribution in [0.15, 0.2) is 30.3 Å². The fraction of sp³-hybridized carbons (Fsp3) is 0.429. The van der Waals surface area contributed by atoms with Gasteiger partial charge >= 0.3 is 12.0 Å². The summed E-state index contributed by atoms with van der Waals surface area (Å²) in [5.74, 6) is -0.906. The third-order valence-electron chi connectivity index (χ3n) is 2.79. The molecule has 0 fully saturated rings. The van der Waals surface area contributed by atoms with Gasteiger partial charge in [-0.15, -0.1) is 0 Å². The molecular weight excluding hydrogens is 244 g/mol. The standard InChI is InChI=1S/C14H20N2O3/c1-2-12(10-13(17)18)16-14(19)15-9-8-11-6-4-3-5-7-11/h3-7,12H,2,8-10H2,1H3,(H,17,18)(H2,15,16,19). The summed E-state index contributed by atoms with van der Waals surface area (Å²) < 4.78 is 0. The monoisotopic (exact) mass is 264 g/mol. The minimum Gasteiger partial charge on any atom is -0.481 e. The minimum atomic E-state index is -0.906. The van der Waals surface area contributed by atoms with Crippen LogP contribution in [0, 0.1) is 0 Å². The molecule has 5 nitrogen and oxygen atoms in total. The molecule has 0 aromatic heterocycles. The van der Waals surface area contributed by atoms with Crippen LogP contribution in [0.2, 0.25) is 0 Å². The number of aliphatic carboxylic acids is 1. The van der Waals surface area contributed by atoms with E-state index in [4.69, 9.17) is 5.11 Å². The average molecular weight is 264 g/mol. The zero-order chi connectivity index (χ0) is 14.1. The molecule has 1 rings (SSSR count). The van der Waals surface area contributed by atoms with E-state index in [1.54, 1.807) is 0 Å². The normalized spacial score (nSPS) is 11.6. The highest BCUT2D eigenvalue weighted by Gasteiger charge is 2.13. The highest BCUT2D eigenvalue weighted by Crippen LogP contribution is 1.99. The third-order valence-corrected chi connectivity index (χ3v) is 2.79. The maximum atomic E-state index is 11.6. The minimum absolute atomic E-state index is 0.0530. The number of nitrogens with one attached hydrogen (secondary N) is 2. The predicted molar refractivity (Wildman–Crippen MR) is 73.0 cm³/mol. The quantitative estimate of drug-likeness (QED) is 0.702. The van der Waals surface area contributed by atoms with E-state index in [0.717, 1.165) is 12.0 Å². The molecule has 1 atom stereocenters. The van der Waals surface area contributed by atoms with Crippen molar-refractivity contribution in [2.75, 3.05) is 6.54 Å². The molecule has 104 valence electrons. The molecule has 2 amide bonds. The fourth-order valence-corrected chi connectivity index (χ4v) is 1.71. The summed E-state index contributed by atoms with van der Waals surface area (Å²) in [6.07, 6.45) is 1.30. The molecule has 0 aliphatic heterocycles. The Hall–Kier alpha value is -2.04. The van der Waals surface area contributed by atoms with Gasteiger partial charge in [0.05, 0.1) is 6.42 Å². The summed E-state index contributed by atoms with van der Waals surface area (Å²) in [4.78, 5) is 22.1. The molecule has 0 saturated carbocycles. The first-order valence-electron chi connectivity index (χ1n) is 6.42. The molecule has 0 saturated heterocycles.